The molecule has 3 heteroatoms. The number of hydrogen-bond donors (Lipinski definition) is 1. The van der Waals surface area contributed by atoms with Crippen LogP contribution < -0.4 is 10.1 Å². The molecule has 1 aromatic rings. The Morgan fingerprint density at radius 1 is 1.21 bits per heavy atom. The Bertz CT molecular complexity index is 402. The molecule has 0 aliphatic heterocycles. The number of aryl methyl sites for hydroxylation is 2. The summed E-state index contributed by atoms with van der Waals surface area (Å²) >= 11 is 0. The van der Waals surface area contributed by atoms with E-state index < -0.39 is 0 Å². The Hall–Kier alpha value is -1.06. The lowest BCUT2D eigenvalue weighted by molar-refractivity contribution is 0.277. The molecule has 19 heavy (non-hydrogen) atoms. The highest BCUT2D eigenvalue weighted by atomic mass is 16.5. The maximum absolute atomic E-state index is 5.40. The van der Waals surface area contributed by atoms with Gasteiger partial charge in [-0.1, -0.05) is 6.07 Å². The van der Waals surface area contributed by atoms with E-state index in [-0.39, 0.29) is 0 Å². The lowest BCUT2D eigenvalue weighted by Gasteiger charge is -2.27. The zero-order valence-electron chi connectivity index (χ0n) is 13.2. The van der Waals surface area contributed by atoms with Crippen LogP contribution in [0.4, 0.5) is 0 Å². The van der Waals surface area contributed by atoms with Crippen molar-refractivity contribution in [3.8, 4) is 5.75 Å². The van der Waals surface area contributed by atoms with Crippen LogP contribution in [0, 0.1) is 13.8 Å². The summed E-state index contributed by atoms with van der Waals surface area (Å²) in [5.74, 6) is 0.981. The summed E-state index contributed by atoms with van der Waals surface area (Å²) < 4.78 is 5.40. The van der Waals surface area contributed by atoms with Gasteiger partial charge in [0.05, 0.1) is 7.11 Å². The van der Waals surface area contributed by atoms with Crippen molar-refractivity contribution in [3.05, 3.63) is 28.8 Å². The predicted molar refractivity (Wildman–Crippen MR) is 82.1 cm³/mol. The average molecular weight is 264 g/mol. The Kier molecular flexibility index (Phi) is 6.32. The predicted octanol–water partition coefficient (Wildman–Crippen LogP) is 2.91. The minimum absolute atomic E-state index is 0.470. The van der Waals surface area contributed by atoms with Gasteiger partial charge in [0.2, 0.25) is 0 Å². The van der Waals surface area contributed by atoms with Gasteiger partial charge in [-0.2, -0.15) is 0 Å². The van der Waals surface area contributed by atoms with E-state index in [0.29, 0.717) is 6.04 Å². The molecular weight excluding hydrogens is 236 g/mol. The van der Waals surface area contributed by atoms with E-state index in [2.05, 4.69) is 50.3 Å². The van der Waals surface area contributed by atoms with Gasteiger partial charge in [0.25, 0.3) is 0 Å². The molecule has 0 bridgehead atoms. The molecule has 1 N–H and O–H groups in total. The van der Waals surface area contributed by atoms with E-state index in [1.54, 1.807) is 7.11 Å². The third-order valence-corrected chi connectivity index (χ3v) is 3.67. The number of nitrogens with zero attached hydrogens (tertiary/aromatic N) is 1. The van der Waals surface area contributed by atoms with Gasteiger partial charge in [-0.25, -0.2) is 0 Å². The molecule has 3 nitrogen and oxygen atoms in total. The topological polar surface area (TPSA) is 24.5 Å². The Balaban J connectivity index is 2.98. The van der Waals surface area contributed by atoms with Crippen LogP contribution in [-0.2, 0) is 0 Å². The average Bonchev–Trinajstić information content (AvgIpc) is 2.37. The minimum Gasteiger partial charge on any atom is -0.496 e. The van der Waals surface area contributed by atoms with Crippen LogP contribution in [0.2, 0.25) is 0 Å². The summed E-state index contributed by atoms with van der Waals surface area (Å²) in [5, 5.41) is 3.22. The number of hydrogen-bond acceptors (Lipinski definition) is 3. The molecule has 1 rings (SSSR count). The van der Waals surface area contributed by atoms with Crippen LogP contribution >= 0.6 is 0 Å². The molecule has 0 spiro atoms. The third kappa shape index (κ3) is 4.22. The summed E-state index contributed by atoms with van der Waals surface area (Å²) in [5.41, 5.74) is 3.94. The fourth-order valence-electron chi connectivity index (χ4n) is 2.55. The Morgan fingerprint density at radius 3 is 2.42 bits per heavy atom. The number of nitrogens with one attached hydrogen (secondary N) is 1. The molecule has 0 aliphatic carbocycles. The summed E-state index contributed by atoms with van der Waals surface area (Å²) in [6.07, 6.45) is 2.35. The quantitative estimate of drug-likeness (QED) is 0.766. The second-order valence-corrected chi connectivity index (χ2v) is 5.40. The molecule has 0 heterocycles. The summed E-state index contributed by atoms with van der Waals surface area (Å²) in [6.45, 7) is 5.35. The number of ether oxygens (including phenoxy) is 1. The van der Waals surface area contributed by atoms with Gasteiger partial charge in [0.1, 0.15) is 5.75 Å². The standard InChI is InChI=1S/C16H28N2O/c1-12-11-16(19-6)13(2)10-14(12)15(18(4)5)8-7-9-17-3/h10-11,15,17H,7-9H2,1-6H3. The van der Waals surface area contributed by atoms with Crippen molar-refractivity contribution in [3.63, 3.8) is 0 Å². The first kappa shape index (κ1) is 16.0. The van der Waals surface area contributed by atoms with Crippen molar-refractivity contribution < 1.29 is 4.74 Å². The zero-order valence-corrected chi connectivity index (χ0v) is 13.2. The van der Waals surface area contributed by atoms with E-state index in [0.717, 1.165) is 12.3 Å². The second kappa shape index (κ2) is 7.51. The Morgan fingerprint density at radius 2 is 1.89 bits per heavy atom. The summed E-state index contributed by atoms with van der Waals surface area (Å²) in [6, 6.07) is 4.90. The molecule has 1 unspecified atom stereocenters. The number of rotatable bonds is 7. The Labute approximate surface area is 118 Å². The molecule has 108 valence electrons. The van der Waals surface area contributed by atoms with Crippen LogP contribution in [0.25, 0.3) is 0 Å². The molecule has 1 aromatic carbocycles. The first-order valence-electron chi connectivity index (χ1n) is 6.97. The fraction of sp³-hybridized carbons (Fsp3) is 0.625. The van der Waals surface area contributed by atoms with Gasteiger partial charge < -0.3 is 15.0 Å². The van der Waals surface area contributed by atoms with Gasteiger partial charge in [0, 0.05) is 6.04 Å². The lowest BCUT2D eigenvalue weighted by Crippen LogP contribution is -2.22. The first-order valence-corrected chi connectivity index (χ1v) is 6.97. The van der Waals surface area contributed by atoms with Crippen LogP contribution in [0.5, 0.6) is 5.75 Å². The molecule has 0 saturated carbocycles. The van der Waals surface area contributed by atoms with Crippen molar-refractivity contribution in [2.24, 2.45) is 0 Å². The highest BCUT2D eigenvalue weighted by Crippen LogP contribution is 2.31. The maximum atomic E-state index is 5.40. The smallest absolute Gasteiger partial charge is 0.122 e. The highest BCUT2D eigenvalue weighted by Gasteiger charge is 2.17. The third-order valence-electron chi connectivity index (χ3n) is 3.67. The SMILES string of the molecule is CNCCCC(c1cc(C)c(OC)cc1C)N(C)C. The van der Waals surface area contributed by atoms with Crippen LogP contribution in [0.3, 0.4) is 0 Å². The first-order chi connectivity index (χ1) is 9.01. The van der Waals surface area contributed by atoms with Crippen molar-refractivity contribution >= 4 is 0 Å². The second-order valence-electron chi connectivity index (χ2n) is 5.40. The lowest BCUT2D eigenvalue weighted by atomic mass is 9.94. The van der Waals surface area contributed by atoms with Gasteiger partial charge in [0.15, 0.2) is 0 Å². The maximum Gasteiger partial charge on any atom is 0.122 e. The molecule has 1 atom stereocenters. The number of benzene rings is 1. The van der Waals surface area contributed by atoms with Crippen molar-refractivity contribution in [1.29, 1.82) is 0 Å². The normalized spacial score (nSPS) is 12.8. The summed E-state index contributed by atoms with van der Waals surface area (Å²) in [4.78, 5) is 2.31. The van der Waals surface area contributed by atoms with Gasteiger partial charge in [-0.3, -0.25) is 0 Å². The van der Waals surface area contributed by atoms with Crippen LogP contribution in [0.15, 0.2) is 12.1 Å². The van der Waals surface area contributed by atoms with E-state index in [1.807, 2.05) is 7.05 Å². The van der Waals surface area contributed by atoms with E-state index in [9.17, 15) is 0 Å². The van der Waals surface area contributed by atoms with Crippen LogP contribution in [-0.4, -0.2) is 39.7 Å². The molecular formula is C16H28N2O. The molecule has 0 radical (unpaired) electrons. The monoisotopic (exact) mass is 264 g/mol. The zero-order chi connectivity index (χ0) is 14.4. The molecule has 0 saturated heterocycles. The van der Waals surface area contributed by atoms with Crippen molar-refractivity contribution in [2.45, 2.75) is 32.7 Å². The molecule has 0 amide bonds. The van der Waals surface area contributed by atoms with Crippen LogP contribution in [0.1, 0.15) is 35.6 Å². The van der Waals surface area contributed by atoms with Crippen molar-refractivity contribution in [1.82, 2.24) is 10.2 Å². The van der Waals surface area contributed by atoms with E-state index >= 15 is 0 Å². The van der Waals surface area contributed by atoms with Gasteiger partial charge >= 0.3 is 0 Å². The van der Waals surface area contributed by atoms with Gasteiger partial charge in [-0.05, 0) is 77.1 Å². The summed E-state index contributed by atoms with van der Waals surface area (Å²) in [7, 11) is 8.05. The number of methoxy groups -OCH3 is 1. The highest BCUT2D eigenvalue weighted by molar-refractivity contribution is 5.42. The van der Waals surface area contributed by atoms with Gasteiger partial charge in [-0.15, -0.1) is 0 Å². The van der Waals surface area contributed by atoms with E-state index in [4.69, 9.17) is 4.74 Å². The largest absolute Gasteiger partial charge is 0.496 e. The molecule has 0 aliphatic rings. The minimum atomic E-state index is 0.470. The van der Waals surface area contributed by atoms with E-state index in [1.165, 1.54) is 29.5 Å². The molecule has 0 aromatic heterocycles. The molecule has 0 fully saturated rings. The van der Waals surface area contributed by atoms with Crippen molar-refractivity contribution in [2.75, 3.05) is 34.8 Å². The fourth-order valence-corrected chi connectivity index (χ4v) is 2.55.